The number of rotatable bonds is 6. The minimum atomic E-state index is 0. The van der Waals surface area contributed by atoms with Gasteiger partial charge in [0.25, 0.3) is 5.88 Å². The molecule has 2 aromatic heterocycles. The second kappa shape index (κ2) is 9.29. The number of nitrogens with one attached hydrogen (secondary N) is 1. The summed E-state index contributed by atoms with van der Waals surface area (Å²) in [6.45, 7) is 4.39. The minimum absolute atomic E-state index is 0. The van der Waals surface area contributed by atoms with E-state index in [1.807, 2.05) is 18.2 Å². The average molecular weight is 389 g/mol. The van der Waals surface area contributed by atoms with E-state index in [0.29, 0.717) is 24.8 Å². The molecule has 142 valence electrons. The summed E-state index contributed by atoms with van der Waals surface area (Å²) in [7, 11) is 0. The molecule has 0 spiro atoms. The number of benzene rings is 1. The van der Waals surface area contributed by atoms with Crippen molar-refractivity contribution in [3.05, 3.63) is 43.0 Å². The van der Waals surface area contributed by atoms with E-state index < -0.39 is 0 Å². The van der Waals surface area contributed by atoms with Crippen LogP contribution in [0.25, 0.3) is 11.0 Å². The molecule has 8 nitrogen and oxygen atoms in total. The lowest BCUT2D eigenvalue weighted by atomic mass is 10.3. The van der Waals surface area contributed by atoms with Crippen molar-refractivity contribution in [2.75, 3.05) is 44.3 Å². The summed E-state index contributed by atoms with van der Waals surface area (Å²) in [5, 5.41) is 3.33. The van der Waals surface area contributed by atoms with Crippen LogP contribution in [-0.4, -0.2) is 59.3 Å². The molecule has 0 atom stereocenters. The zero-order valence-corrected chi connectivity index (χ0v) is 15.6. The zero-order chi connectivity index (χ0) is 17.6. The molecule has 3 heterocycles. The number of hydrogen-bond donors (Lipinski definition) is 1. The van der Waals surface area contributed by atoms with Gasteiger partial charge in [0, 0.05) is 51.0 Å². The molecule has 4 rings (SSSR count). The van der Waals surface area contributed by atoms with Crippen LogP contribution in [0.4, 0.5) is 5.82 Å². The summed E-state index contributed by atoms with van der Waals surface area (Å²) in [4.78, 5) is 19.5. The molecule has 1 saturated heterocycles. The Kier molecular flexibility index (Phi) is 6.56. The highest BCUT2D eigenvalue weighted by molar-refractivity contribution is 5.85. The van der Waals surface area contributed by atoms with Crippen LogP contribution in [0.1, 0.15) is 0 Å². The molecular formula is C18H21ClN6O2. The summed E-state index contributed by atoms with van der Waals surface area (Å²) >= 11 is 0. The molecule has 0 radical (unpaired) electrons. The van der Waals surface area contributed by atoms with Gasteiger partial charge in [-0.15, -0.1) is 12.4 Å². The molecule has 1 fully saturated rings. The molecule has 1 N–H and O–H groups in total. The monoisotopic (exact) mass is 388 g/mol. The lowest BCUT2D eigenvalue weighted by molar-refractivity contribution is 0.213. The summed E-state index contributed by atoms with van der Waals surface area (Å²) in [6, 6.07) is 5.69. The van der Waals surface area contributed by atoms with E-state index >= 15 is 0 Å². The van der Waals surface area contributed by atoms with E-state index in [9.17, 15) is 0 Å². The average Bonchev–Trinajstić information content (AvgIpc) is 2.72. The highest BCUT2D eigenvalue weighted by Gasteiger charge is 2.17. The largest absolute Gasteiger partial charge is 0.488 e. The fourth-order valence-electron chi connectivity index (χ4n) is 2.89. The zero-order valence-electron chi connectivity index (χ0n) is 14.7. The molecule has 3 aromatic rings. The van der Waals surface area contributed by atoms with E-state index in [0.717, 1.165) is 43.0 Å². The number of hydrogen-bond acceptors (Lipinski definition) is 8. The maximum Gasteiger partial charge on any atom is 0.257 e. The first-order chi connectivity index (χ1) is 12.9. The van der Waals surface area contributed by atoms with Gasteiger partial charge in [-0.3, -0.25) is 4.98 Å². The van der Waals surface area contributed by atoms with Crippen molar-refractivity contribution < 1.29 is 9.47 Å². The molecule has 1 aromatic carbocycles. The van der Waals surface area contributed by atoms with Gasteiger partial charge < -0.3 is 19.7 Å². The lowest BCUT2D eigenvalue weighted by Crippen LogP contribution is -2.44. The molecular weight excluding hydrogens is 368 g/mol. The van der Waals surface area contributed by atoms with Gasteiger partial charge in [0.1, 0.15) is 24.5 Å². The van der Waals surface area contributed by atoms with Crippen LogP contribution in [0.2, 0.25) is 0 Å². The fraction of sp³-hybridized carbons (Fsp3) is 0.333. The Morgan fingerprint density at radius 3 is 2.52 bits per heavy atom. The SMILES string of the molecule is Cl.c1cc(OCCOc2nccnc2N2CCNCC2)c2nccnc2c1. The van der Waals surface area contributed by atoms with Crippen molar-refractivity contribution in [2.45, 2.75) is 0 Å². The maximum absolute atomic E-state index is 5.83. The van der Waals surface area contributed by atoms with Crippen molar-refractivity contribution >= 4 is 29.3 Å². The number of ether oxygens (including phenoxy) is 2. The first-order valence-corrected chi connectivity index (χ1v) is 8.64. The third-order valence-electron chi connectivity index (χ3n) is 4.10. The molecule has 0 amide bonds. The molecule has 1 aliphatic heterocycles. The highest BCUT2D eigenvalue weighted by Crippen LogP contribution is 2.23. The van der Waals surface area contributed by atoms with Gasteiger partial charge in [-0.2, -0.15) is 0 Å². The number of aromatic nitrogens is 4. The highest BCUT2D eigenvalue weighted by atomic mass is 35.5. The van der Waals surface area contributed by atoms with Gasteiger partial charge >= 0.3 is 0 Å². The second-order valence-electron chi connectivity index (χ2n) is 5.80. The topological polar surface area (TPSA) is 85.3 Å². The summed E-state index contributed by atoms with van der Waals surface area (Å²) in [5.74, 6) is 2.02. The Bertz CT molecular complexity index is 870. The van der Waals surface area contributed by atoms with Crippen LogP contribution >= 0.6 is 12.4 Å². The van der Waals surface area contributed by atoms with Crippen molar-refractivity contribution in [1.82, 2.24) is 25.3 Å². The number of nitrogens with zero attached hydrogens (tertiary/aromatic N) is 5. The van der Waals surface area contributed by atoms with E-state index in [4.69, 9.17) is 9.47 Å². The first kappa shape index (κ1) is 19.1. The Labute approximate surface area is 163 Å². The van der Waals surface area contributed by atoms with E-state index in [2.05, 4.69) is 30.2 Å². The van der Waals surface area contributed by atoms with Gasteiger partial charge in [0.2, 0.25) is 0 Å². The van der Waals surface area contributed by atoms with Gasteiger partial charge in [-0.05, 0) is 12.1 Å². The molecule has 0 unspecified atom stereocenters. The lowest BCUT2D eigenvalue weighted by Gasteiger charge is -2.28. The summed E-state index contributed by atoms with van der Waals surface area (Å²) in [6.07, 6.45) is 6.66. The van der Waals surface area contributed by atoms with Crippen molar-refractivity contribution in [3.63, 3.8) is 0 Å². The van der Waals surface area contributed by atoms with Crippen LogP contribution < -0.4 is 19.7 Å². The molecule has 0 bridgehead atoms. The molecule has 0 aliphatic carbocycles. The first-order valence-electron chi connectivity index (χ1n) is 8.64. The standard InChI is InChI=1S/C18H20N6O2.ClH/c1-2-14-16(21-5-4-20-14)15(3-1)25-12-13-26-18-17(22-6-7-23-18)24-10-8-19-9-11-24;/h1-7,19H,8-13H2;1H. The summed E-state index contributed by atoms with van der Waals surface area (Å²) in [5.41, 5.74) is 1.55. The third kappa shape index (κ3) is 4.53. The second-order valence-corrected chi connectivity index (χ2v) is 5.80. The fourth-order valence-corrected chi connectivity index (χ4v) is 2.89. The van der Waals surface area contributed by atoms with Gasteiger partial charge in [0.15, 0.2) is 5.82 Å². The maximum atomic E-state index is 5.83. The van der Waals surface area contributed by atoms with Crippen LogP contribution in [-0.2, 0) is 0 Å². The predicted molar refractivity (Wildman–Crippen MR) is 105 cm³/mol. The van der Waals surface area contributed by atoms with Crippen molar-refractivity contribution in [3.8, 4) is 11.6 Å². The smallest absolute Gasteiger partial charge is 0.257 e. The van der Waals surface area contributed by atoms with Crippen molar-refractivity contribution in [2.24, 2.45) is 0 Å². The van der Waals surface area contributed by atoms with E-state index in [-0.39, 0.29) is 12.4 Å². The van der Waals surface area contributed by atoms with Crippen LogP contribution in [0, 0.1) is 0 Å². The quantitative estimate of drug-likeness (QED) is 0.639. The summed E-state index contributed by atoms with van der Waals surface area (Å²) < 4.78 is 11.7. The number of halogens is 1. The predicted octanol–water partition coefficient (Wildman–Crippen LogP) is 1.71. The molecule has 1 aliphatic rings. The van der Waals surface area contributed by atoms with Gasteiger partial charge in [-0.1, -0.05) is 6.07 Å². The van der Waals surface area contributed by atoms with E-state index in [1.54, 1.807) is 24.8 Å². The Balaban J connectivity index is 0.00000210. The normalized spacial score (nSPS) is 13.9. The number of anilines is 1. The molecule has 9 heteroatoms. The van der Waals surface area contributed by atoms with E-state index in [1.165, 1.54) is 0 Å². The van der Waals surface area contributed by atoms with Gasteiger partial charge in [-0.25, -0.2) is 15.0 Å². The third-order valence-corrected chi connectivity index (χ3v) is 4.10. The van der Waals surface area contributed by atoms with Gasteiger partial charge in [0.05, 0.1) is 5.52 Å². The van der Waals surface area contributed by atoms with Crippen LogP contribution in [0.3, 0.4) is 0 Å². The van der Waals surface area contributed by atoms with Crippen LogP contribution in [0.5, 0.6) is 11.6 Å². The minimum Gasteiger partial charge on any atom is -0.488 e. The Morgan fingerprint density at radius 1 is 0.889 bits per heavy atom. The Morgan fingerprint density at radius 2 is 1.63 bits per heavy atom. The molecule has 27 heavy (non-hydrogen) atoms. The van der Waals surface area contributed by atoms with Crippen molar-refractivity contribution in [1.29, 1.82) is 0 Å². The number of piperazine rings is 1. The van der Waals surface area contributed by atoms with Crippen LogP contribution in [0.15, 0.2) is 43.0 Å². The molecule has 0 saturated carbocycles. The number of para-hydroxylation sites is 1. The number of fused-ring (bicyclic) bond motifs is 1. The Hall–Kier alpha value is -2.71.